The van der Waals surface area contributed by atoms with Crippen LogP contribution in [0.25, 0.3) is 0 Å². The molecule has 0 bridgehead atoms. The lowest BCUT2D eigenvalue weighted by Gasteiger charge is -2.22. The molecule has 0 atom stereocenters. The summed E-state index contributed by atoms with van der Waals surface area (Å²) >= 11 is 17.6. The average Bonchev–Trinajstić information content (AvgIpc) is 2.06. The van der Waals surface area contributed by atoms with Crippen LogP contribution >= 0.6 is 34.8 Å². The Labute approximate surface area is 115 Å². The minimum Gasteiger partial charge on any atom is -0.428 e. The molecule has 17 heavy (non-hydrogen) atoms. The van der Waals surface area contributed by atoms with Crippen molar-refractivity contribution in [1.29, 1.82) is 0 Å². The summed E-state index contributed by atoms with van der Waals surface area (Å²) in [5.41, 5.74) is -0.620. The first-order chi connectivity index (χ1) is 7.59. The summed E-state index contributed by atoms with van der Waals surface area (Å²) in [6.45, 7) is 5.22. The SMILES string of the molecule is CC(C)(C)OC(=O)OC1=C(Cl)CC(Cl)(Cl)C=C1. The fourth-order valence-electron chi connectivity index (χ4n) is 1.09. The van der Waals surface area contributed by atoms with Crippen LogP contribution in [-0.2, 0) is 9.47 Å². The van der Waals surface area contributed by atoms with E-state index in [1.807, 2.05) is 0 Å². The van der Waals surface area contributed by atoms with Gasteiger partial charge in [0, 0.05) is 6.42 Å². The number of hydrogen-bond acceptors (Lipinski definition) is 3. The number of allylic oxidation sites excluding steroid dienone is 3. The predicted molar refractivity (Wildman–Crippen MR) is 68.4 cm³/mol. The molecule has 0 spiro atoms. The lowest BCUT2D eigenvalue weighted by atomic mass is 10.1. The molecule has 6 heteroatoms. The molecule has 0 saturated heterocycles. The summed E-state index contributed by atoms with van der Waals surface area (Å²) in [7, 11) is 0. The van der Waals surface area contributed by atoms with E-state index in [1.54, 1.807) is 20.8 Å². The van der Waals surface area contributed by atoms with Gasteiger partial charge >= 0.3 is 6.16 Å². The molecule has 0 aromatic heterocycles. The lowest BCUT2D eigenvalue weighted by molar-refractivity contribution is 0.00755. The van der Waals surface area contributed by atoms with Crippen LogP contribution in [-0.4, -0.2) is 16.1 Å². The highest BCUT2D eigenvalue weighted by Gasteiger charge is 2.29. The second-order valence-corrected chi connectivity index (χ2v) is 6.61. The van der Waals surface area contributed by atoms with E-state index in [-0.39, 0.29) is 17.2 Å². The van der Waals surface area contributed by atoms with E-state index in [1.165, 1.54) is 12.2 Å². The third kappa shape index (κ3) is 5.19. The summed E-state index contributed by atoms with van der Waals surface area (Å²) in [6, 6.07) is 0. The number of carbonyl (C=O) groups is 1. The minimum atomic E-state index is -1.06. The molecular weight excluding hydrogens is 286 g/mol. The zero-order valence-corrected chi connectivity index (χ0v) is 12.0. The van der Waals surface area contributed by atoms with Crippen LogP contribution in [0.4, 0.5) is 4.79 Å². The molecule has 1 aliphatic carbocycles. The standard InChI is InChI=1S/C11H13Cl3O3/c1-10(2,3)17-9(15)16-8-4-5-11(13,14)6-7(8)12/h4-5H,6H2,1-3H3. The number of halogens is 3. The van der Waals surface area contributed by atoms with Crippen molar-refractivity contribution in [2.45, 2.75) is 37.1 Å². The molecule has 0 unspecified atom stereocenters. The smallest absolute Gasteiger partial charge is 0.428 e. The first kappa shape index (κ1) is 14.7. The van der Waals surface area contributed by atoms with E-state index >= 15 is 0 Å². The quantitative estimate of drug-likeness (QED) is 0.527. The maximum Gasteiger partial charge on any atom is 0.514 e. The van der Waals surface area contributed by atoms with Gasteiger partial charge in [0.15, 0.2) is 0 Å². The van der Waals surface area contributed by atoms with Gasteiger partial charge in [0.2, 0.25) is 0 Å². The number of carbonyl (C=O) groups excluding carboxylic acids is 1. The molecule has 0 aromatic rings. The Bertz CT molecular complexity index is 378. The van der Waals surface area contributed by atoms with Crippen molar-refractivity contribution < 1.29 is 14.3 Å². The van der Waals surface area contributed by atoms with Crippen LogP contribution in [0.3, 0.4) is 0 Å². The summed E-state index contributed by atoms with van der Waals surface area (Å²) in [5, 5.41) is 0.281. The summed E-state index contributed by atoms with van der Waals surface area (Å²) < 4.78 is 8.88. The molecule has 3 nitrogen and oxygen atoms in total. The molecule has 1 rings (SSSR count). The van der Waals surface area contributed by atoms with Crippen LogP contribution in [0.1, 0.15) is 27.2 Å². The Kier molecular flexibility index (Phi) is 4.39. The molecule has 0 aliphatic heterocycles. The van der Waals surface area contributed by atoms with Crippen molar-refractivity contribution in [2.24, 2.45) is 0 Å². The van der Waals surface area contributed by atoms with Gasteiger partial charge in [0.25, 0.3) is 0 Å². The molecule has 0 fully saturated rings. The highest BCUT2D eigenvalue weighted by atomic mass is 35.5. The van der Waals surface area contributed by atoms with Crippen molar-refractivity contribution in [2.75, 3.05) is 0 Å². The van der Waals surface area contributed by atoms with Gasteiger partial charge in [-0.25, -0.2) is 4.79 Å². The van der Waals surface area contributed by atoms with Gasteiger partial charge in [-0.05, 0) is 32.9 Å². The Morgan fingerprint density at radius 2 is 2.00 bits per heavy atom. The first-order valence-corrected chi connectivity index (χ1v) is 6.09. The molecule has 0 N–H and O–H groups in total. The van der Waals surface area contributed by atoms with Gasteiger partial charge in [-0.15, -0.1) is 0 Å². The fraction of sp³-hybridized carbons (Fsp3) is 0.545. The molecule has 0 saturated carbocycles. The van der Waals surface area contributed by atoms with E-state index in [9.17, 15) is 4.79 Å². The van der Waals surface area contributed by atoms with E-state index in [4.69, 9.17) is 44.3 Å². The van der Waals surface area contributed by atoms with E-state index in [0.29, 0.717) is 0 Å². The Balaban J connectivity index is 2.65. The molecular formula is C11H13Cl3O3. The van der Waals surface area contributed by atoms with Gasteiger partial charge in [0.1, 0.15) is 15.7 Å². The maximum atomic E-state index is 11.4. The van der Waals surface area contributed by atoms with Gasteiger partial charge in [-0.3, -0.25) is 0 Å². The number of hydrogen-bond donors (Lipinski definition) is 0. The third-order valence-corrected chi connectivity index (χ3v) is 2.56. The Morgan fingerprint density at radius 3 is 2.47 bits per heavy atom. The van der Waals surface area contributed by atoms with Crippen molar-refractivity contribution in [1.82, 2.24) is 0 Å². The van der Waals surface area contributed by atoms with E-state index in [2.05, 4.69) is 0 Å². The van der Waals surface area contributed by atoms with E-state index in [0.717, 1.165) is 0 Å². The van der Waals surface area contributed by atoms with Crippen LogP contribution in [0.2, 0.25) is 0 Å². The first-order valence-electron chi connectivity index (χ1n) is 4.96. The lowest BCUT2D eigenvalue weighted by Crippen LogP contribution is -2.25. The largest absolute Gasteiger partial charge is 0.514 e. The molecule has 0 radical (unpaired) electrons. The molecule has 0 aromatic carbocycles. The molecule has 0 amide bonds. The second kappa shape index (κ2) is 5.09. The second-order valence-electron chi connectivity index (χ2n) is 4.61. The molecule has 1 aliphatic rings. The van der Waals surface area contributed by atoms with Crippen LogP contribution in [0.5, 0.6) is 0 Å². The monoisotopic (exact) mass is 298 g/mol. The fourth-order valence-corrected chi connectivity index (χ4v) is 1.93. The van der Waals surface area contributed by atoms with Crippen molar-refractivity contribution in [3.63, 3.8) is 0 Å². The van der Waals surface area contributed by atoms with Gasteiger partial charge in [0.05, 0.1) is 5.03 Å². The normalized spacial score (nSPS) is 19.2. The van der Waals surface area contributed by atoms with Crippen molar-refractivity contribution in [3.05, 3.63) is 22.9 Å². The molecule has 0 heterocycles. The highest BCUT2D eigenvalue weighted by molar-refractivity contribution is 6.50. The Hall–Kier alpha value is -0.380. The van der Waals surface area contributed by atoms with Gasteiger partial charge in [-0.1, -0.05) is 34.8 Å². The summed E-state index contributed by atoms with van der Waals surface area (Å²) in [5.74, 6) is 0.206. The number of ether oxygens (including phenoxy) is 2. The number of rotatable bonds is 1. The van der Waals surface area contributed by atoms with Crippen LogP contribution in [0, 0.1) is 0 Å². The van der Waals surface area contributed by atoms with Crippen LogP contribution < -0.4 is 0 Å². The predicted octanol–water partition coefficient (Wildman–Crippen LogP) is 4.52. The average molecular weight is 300 g/mol. The van der Waals surface area contributed by atoms with E-state index < -0.39 is 16.1 Å². The summed E-state index contributed by atoms with van der Waals surface area (Å²) in [6.07, 6.45) is 2.33. The third-order valence-electron chi connectivity index (χ3n) is 1.72. The zero-order valence-electron chi connectivity index (χ0n) is 9.72. The maximum absolute atomic E-state index is 11.4. The highest BCUT2D eigenvalue weighted by Crippen LogP contribution is 2.37. The Morgan fingerprint density at radius 1 is 1.41 bits per heavy atom. The van der Waals surface area contributed by atoms with Gasteiger partial charge in [-0.2, -0.15) is 0 Å². The topological polar surface area (TPSA) is 35.5 Å². The van der Waals surface area contributed by atoms with Gasteiger partial charge < -0.3 is 9.47 Å². The number of alkyl halides is 2. The van der Waals surface area contributed by atoms with Crippen LogP contribution in [0.15, 0.2) is 22.9 Å². The van der Waals surface area contributed by atoms with Crippen molar-refractivity contribution >= 4 is 41.0 Å². The van der Waals surface area contributed by atoms with Crippen molar-refractivity contribution in [3.8, 4) is 0 Å². The molecule has 96 valence electrons. The summed E-state index contributed by atoms with van der Waals surface area (Å²) in [4.78, 5) is 11.4. The zero-order chi connectivity index (χ0) is 13.3. The minimum absolute atomic E-state index is 0.187.